The Balaban J connectivity index is 2.77. The third kappa shape index (κ3) is 1.31. The first-order valence-electron chi connectivity index (χ1n) is 2.84. The molecule has 0 saturated carbocycles. The second-order valence-corrected chi connectivity index (χ2v) is 1.98. The Morgan fingerprint density at radius 3 is 2.80 bits per heavy atom. The highest BCUT2D eigenvalue weighted by Gasteiger charge is 2.11. The van der Waals surface area contributed by atoms with E-state index in [1.54, 1.807) is 6.08 Å². The van der Waals surface area contributed by atoms with Gasteiger partial charge in [0.05, 0.1) is 0 Å². The largest absolute Gasteiger partial charge is 0.478 e. The molecular formula is C7H6O3. The number of hydrogen-bond acceptors (Lipinski definition) is 2. The summed E-state index contributed by atoms with van der Waals surface area (Å²) in [4.78, 5) is 20.7. The summed E-state index contributed by atoms with van der Waals surface area (Å²) in [5.41, 5.74) is 0.354. The van der Waals surface area contributed by atoms with Gasteiger partial charge in [0.1, 0.15) is 0 Å². The van der Waals surface area contributed by atoms with Crippen LogP contribution in [0.1, 0.15) is 6.42 Å². The van der Waals surface area contributed by atoms with Crippen molar-refractivity contribution in [3.63, 3.8) is 0 Å². The minimum atomic E-state index is -1.06. The number of aliphatic carboxylic acids is 1. The van der Waals surface area contributed by atoms with Gasteiger partial charge in [-0.2, -0.15) is 0 Å². The van der Waals surface area contributed by atoms with Crippen LogP contribution in [0.4, 0.5) is 0 Å². The van der Waals surface area contributed by atoms with E-state index in [4.69, 9.17) is 5.11 Å². The molecule has 0 aromatic heterocycles. The van der Waals surface area contributed by atoms with Gasteiger partial charge >= 0.3 is 5.97 Å². The van der Waals surface area contributed by atoms with Gasteiger partial charge in [0, 0.05) is 11.6 Å². The van der Waals surface area contributed by atoms with Gasteiger partial charge in [-0.1, -0.05) is 6.08 Å². The summed E-state index contributed by atoms with van der Waals surface area (Å²) in [5.74, 6) is -1.26. The maximum atomic E-state index is 10.7. The summed E-state index contributed by atoms with van der Waals surface area (Å²) in [6, 6.07) is 0. The number of carboxylic acid groups (broad SMARTS) is 1. The van der Waals surface area contributed by atoms with E-state index in [9.17, 15) is 9.59 Å². The molecular weight excluding hydrogens is 132 g/mol. The third-order valence-electron chi connectivity index (χ3n) is 1.22. The fraction of sp³-hybridized carbons (Fsp3) is 0.143. The minimum Gasteiger partial charge on any atom is -0.478 e. The van der Waals surface area contributed by atoms with Crippen molar-refractivity contribution >= 4 is 11.8 Å². The van der Waals surface area contributed by atoms with E-state index in [1.165, 1.54) is 6.08 Å². The van der Waals surface area contributed by atoms with E-state index in [-0.39, 0.29) is 5.78 Å². The van der Waals surface area contributed by atoms with Crippen molar-refractivity contribution in [2.45, 2.75) is 6.42 Å². The van der Waals surface area contributed by atoms with Crippen LogP contribution in [0.2, 0.25) is 0 Å². The Hall–Kier alpha value is -1.38. The van der Waals surface area contributed by atoms with Gasteiger partial charge in [-0.3, -0.25) is 4.79 Å². The molecule has 0 atom stereocenters. The van der Waals surface area contributed by atoms with Crippen molar-refractivity contribution in [3.8, 4) is 0 Å². The fourth-order valence-electron chi connectivity index (χ4n) is 0.780. The van der Waals surface area contributed by atoms with Crippen molar-refractivity contribution in [2.24, 2.45) is 0 Å². The lowest BCUT2D eigenvalue weighted by Crippen LogP contribution is -1.96. The second kappa shape index (κ2) is 2.47. The molecule has 3 heteroatoms. The molecule has 0 spiro atoms. The van der Waals surface area contributed by atoms with Crippen molar-refractivity contribution in [1.82, 2.24) is 0 Å². The van der Waals surface area contributed by atoms with Gasteiger partial charge in [-0.05, 0) is 12.5 Å². The lowest BCUT2D eigenvalue weighted by molar-refractivity contribution is -0.131. The molecule has 0 fully saturated rings. The normalized spacial score (nSPS) is 20.4. The van der Waals surface area contributed by atoms with Crippen molar-refractivity contribution in [2.75, 3.05) is 0 Å². The van der Waals surface area contributed by atoms with Gasteiger partial charge in [0.2, 0.25) is 0 Å². The van der Waals surface area contributed by atoms with Crippen LogP contribution < -0.4 is 0 Å². The lowest BCUT2D eigenvalue weighted by atomic mass is 10.2. The van der Waals surface area contributed by atoms with Crippen LogP contribution in [0.5, 0.6) is 0 Å². The summed E-state index contributed by atoms with van der Waals surface area (Å²) >= 11 is 0. The summed E-state index contributed by atoms with van der Waals surface area (Å²) in [6.45, 7) is 0. The molecule has 0 heterocycles. The number of carboxylic acids is 1. The molecule has 1 N–H and O–H groups in total. The fourth-order valence-corrected chi connectivity index (χ4v) is 0.780. The molecule has 0 aliphatic heterocycles. The monoisotopic (exact) mass is 138 g/mol. The van der Waals surface area contributed by atoms with E-state index in [2.05, 4.69) is 0 Å². The predicted molar refractivity (Wildman–Crippen MR) is 34.5 cm³/mol. The molecule has 0 radical (unpaired) electrons. The Bertz CT molecular complexity index is 235. The van der Waals surface area contributed by atoms with Crippen molar-refractivity contribution in [3.05, 3.63) is 23.8 Å². The van der Waals surface area contributed by atoms with Crippen LogP contribution in [-0.2, 0) is 9.59 Å². The minimum absolute atomic E-state index is 0.192. The average Bonchev–Trinajstić information content (AvgIpc) is 2.15. The standard InChI is InChI=1S/C7H6O3/c8-6-3-1-2-5(6)4-7(9)10/h1,3-4H,2H2,(H,9,10)/b5-4+. The molecule has 52 valence electrons. The maximum Gasteiger partial charge on any atom is 0.328 e. The van der Waals surface area contributed by atoms with Crippen molar-refractivity contribution < 1.29 is 14.7 Å². The molecule has 0 aromatic rings. The van der Waals surface area contributed by atoms with Crippen LogP contribution in [0.15, 0.2) is 23.8 Å². The number of hydrogen-bond donors (Lipinski definition) is 1. The van der Waals surface area contributed by atoms with Crippen molar-refractivity contribution in [1.29, 1.82) is 0 Å². The highest BCUT2D eigenvalue weighted by Crippen LogP contribution is 2.11. The number of allylic oxidation sites excluding steroid dienone is 3. The van der Waals surface area contributed by atoms with Gasteiger partial charge in [0.25, 0.3) is 0 Å². The van der Waals surface area contributed by atoms with E-state index in [0.29, 0.717) is 12.0 Å². The molecule has 0 amide bonds. The summed E-state index contributed by atoms with van der Waals surface area (Å²) in [6.07, 6.45) is 4.43. The van der Waals surface area contributed by atoms with E-state index in [0.717, 1.165) is 6.08 Å². The summed E-state index contributed by atoms with van der Waals surface area (Å²) < 4.78 is 0. The smallest absolute Gasteiger partial charge is 0.328 e. The van der Waals surface area contributed by atoms with Crippen LogP contribution in [-0.4, -0.2) is 16.9 Å². The quantitative estimate of drug-likeness (QED) is 0.537. The predicted octanol–water partition coefficient (Wildman–Crippen LogP) is 0.526. The Labute approximate surface area is 57.7 Å². The van der Waals surface area contributed by atoms with E-state index >= 15 is 0 Å². The number of carbonyl (C=O) groups excluding carboxylic acids is 1. The first-order chi connectivity index (χ1) is 4.70. The molecule has 0 aromatic carbocycles. The van der Waals surface area contributed by atoms with E-state index < -0.39 is 5.97 Å². The van der Waals surface area contributed by atoms with Crippen LogP contribution >= 0.6 is 0 Å². The van der Waals surface area contributed by atoms with Gasteiger partial charge in [-0.15, -0.1) is 0 Å². The first-order valence-corrected chi connectivity index (χ1v) is 2.84. The SMILES string of the molecule is O=C(O)/C=C1\CC=CC1=O. The molecule has 0 unspecified atom stereocenters. The van der Waals surface area contributed by atoms with Gasteiger partial charge in [0.15, 0.2) is 5.78 Å². The molecule has 1 aliphatic carbocycles. The highest BCUT2D eigenvalue weighted by atomic mass is 16.4. The molecule has 0 bridgehead atoms. The van der Waals surface area contributed by atoms with Crippen LogP contribution in [0.25, 0.3) is 0 Å². The molecule has 0 saturated heterocycles. The molecule has 1 rings (SSSR count). The van der Waals surface area contributed by atoms with Gasteiger partial charge < -0.3 is 5.11 Å². The molecule has 10 heavy (non-hydrogen) atoms. The van der Waals surface area contributed by atoms with Gasteiger partial charge in [-0.25, -0.2) is 4.79 Å². The molecule has 1 aliphatic rings. The number of rotatable bonds is 1. The number of ketones is 1. The number of carbonyl (C=O) groups is 2. The second-order valence-electron chi connectivity index (χ2n) is 1.98. The third-order valence-corrected chi connectivity index (χ3v) is 1.22. The average molecular weight is 138 g/mol. The highest BCUT2D eigenvalue weighted by molar-refractivity contribution is 6.09. The lowest BCUT2D eigenvalue weighted by Gasteiger charge is -1.88. The summed E-state index contributed by atoms with van der Waals surface area (Å²) in [7, 11) is 0. The Kier molecular flexibility index (Phi) is 1.67. The maximum absolute atomic E-state index is 10.7. The Morgan fingerprint density at radius 2 is 2.40 bits per heavy atom. The molecule has 3 nitrogen and oxygen atoms in total. The zero-order chi connectivity index (χ0) is 7.56. The summed E-state index contributed by atoms with van der Waals surface area (Å²) in [5, 5.41) is 8.24. The van der Waals surface area contributed by atoms with E-state index in [1.807, 2.05) is 0 Å². The topological polar surface area (TPSA) is 54.4 Å². The van der Waals surface area contributed by atoms with Crippen LogP contribution in [0.3, 0.4) is 0 Å². The zero-order valence-corrected chi connectivity index (χ0v) is 5.20. The first kappa shape index (κ1) is 6.74. The zero-order valence-electron chi connectivity index (χ0n) is 5.20. The Morgan fingerprint density at radius 1 is 1.70 bits per heavy atom. The van der Waals surface area contributed by atoms with Crippen LogP contribution in [0, 0.1) is 0 Å².